The quantitative estimate of drug-likeness (QED) is 0.480. The molecule has 0 unspecified atom stereocenters. The molecule has 0 radical (unpaired) electrons. The number of hydrogen-bond donors (Lipinski definition) is 0. The van der Waals surface area contributed by atoms with E-state index in [-0.39, 0.29) is 16.7 Å². The van der Waals surface area contributed by atoms with E-state index in [2.05, 4.69) is 81.7 Å². The van der Waals surface area contributed by atoms with Crippen molar-refractivity contribution >= 4 is 10.9 Å². The van der Waals surface area contributed by atoms with Crippen molar-refractivity contribution in [3.8, 4) is 16.9 Å². The molecule has 2 aromatic heterocycles. The van der Waals surface area contributed by atoms with Gasteiger partial charge in [0.25, 0.3) is 5.56 Å². The second-order valence-electron chi connectivity index (χ2n) is 9.43. The smallest absolute Gasteiger partial charge is 0.313 e. The zero-order valence-corrected chi connectivity index (χ0v) is 19.3. The highest BCUT2D eigenvalue weighted by Gasteiger charge is 2.22. The molecule has 5 nitrogen and oxygen atoms in total. The zero-order valence-electron chi connectivity index (χ0n) is 19.3. The van der Waals surface area contributed by atoms with Gasteiger partial charge in [0.05, 0.1) is 16.6 Å². The maximum absolute atomic E-state index is 13.3. The minimum Gasteiger partial charge on any atom is -0.313 e. The fourth-order valence-corrected chi connectivity index (χ4v) is 4.12. The molecule has 0 saturated carbocycles. The van der Waals surface area contributed by atoms with Crippen molar-refractivity contribution in [2.24, 2.45) is 14.1 Å². The Morgan fingerprint density at radius 3 is 2.10 bits per heavy atom. The monoisotopic (exact) mass is 415 g/mol. The third kappa shape index (κ3) is 3.34. The molecule has 0 saturated heterocycles. The largest absolute Gasteiger partial charge is 0.330 e. The Morgan fingerprint density at radius 1 is 0.839 bits per heavy atom. The number of fused-ring (bicyclic) bond motifs is 1. The van der Waals surface area contributed by atoms with Gasteiger partial charge in [0, 0.05) is 26.0 Å². The summed E-state index contributed by atoms with van der Waals surface area (Å²) in [5.74, 6) is 0. The standard InChI is InChI=1S/C26H29N3O2/c1-16-8-9-17(2)20(14-16)29-15-21-22(24(30)28(7)25(31)27(21)6)23(29)18-10-12-19(13-11-18)26(3,4)5/h8-15H,1-7H3. The summed E-state index contributed by atoms with van der Waals surface area (Å²) in [6.45, 7) is 10.7. The summed E-state index contributed by atoms with van der Waals surface area (Å²) in [4.78, 5) is 25.8. The number of nitrogens with zero attached hydrogens (tertiary/aromatic N) is 3. The van der Waals surface area contributed by atoms with E-state index < -0.39 is 0 Å². The molecule has 0 amide bonds. The average Bonchev–Trinajstić information content (AvgIpc) is 3.12. The van der Waals surface area contributed by atoms with E-state index in [0.29, 0.717) is 10.9 Å². The molecule has 0 aliphatic heterocycles. The number of aryl methyl sites for hydroxylation is 3. The van der Waals surface area contributed by atoms with Gasteiger partial charge >= 0.3 is 5.69 Å². The molecule has 160 valence electrons. The molecule has 2 aromatic carbocycles. The van der Waals surface area contributed by atoms with Gasteiger partial charge in [-0.3, -0.25) is 13.9 Å². The Balaban J connectivity index is 2.15. The molecule has 4 aromatic rings. The topological polar surface area (TPSA) is 48.9 Å². The lowest BCUT2D eigenvalue weighted by molar-refractivity contribution is 0.590. The van der Waals surface area contributed by atoms with Crippen LogP contribution in [0, 0.1) is 13.8 Å². The number of rotatable bonds is 2. The summed E-state index contributed by atoms with van der Waals surface area (Å²) in [6.07, 6.45) is 1.91. The van der Waals surface area contributed by atoms with Crippen LogP contribution in [0.15, 0.2) is 58.3 Å². The van der Waals surface area contributed by atoms with Crippen molar-refractivity contribution in [3.63, 3.8) is 0 Å². The highest BCUT2D eigenvalue weighted by atomic mass is 16.2. The highest BCUT2D eigenvalue weighted by molar-refractivity contribution is 5.95. The number of benzene rings is 2. The SMILES string of the molecule is Cc1ccc(C)c(-n2cc3c(c2-c2ccc(C(C)(C)C)cc2)c(=O)n(C)c(=O)n3C)c1. The van der Waals surface area contributed by atoms with Gasteiger partial charge in [0.2, 0.25) is 0 Å². The molecule has 2 heterocycles. The number of aromatic nitrogens is 3. The minimum atomic E-state index is -0.328. The maximum atomic E-state index is 13.3. The van der Waals surface area contributed by atoms with Gasteiger partial charge in [0.15, 0.2) is 0 Å². The molecule has 0 atom stereocenters. The summed E-state index contributed by atoms with van der Waals surface area (Å²) in [5, 5.41) is 0.550. The fourth-order valence-electron chi connectivity index (χ4n) is 4.12. The second kappa shape index (κ2) is 7.12. The summed E-state index contributed by atoms with van der Waals surface area (Å²) in [7, 11) is 3.25. The van der Waals surface area contributed by atoms with Gasteiger partial charge in [-0.05, 0) is 47.6 Å². The van der Waals surface area contributed by atoms with E-state index in [1.54, 1.807) is 11.6 Å². The Morgan fingerprint density at radius 2 is 1.48 bits per heavy atom. The average molecular weight is 416 g/mol. The summed E-state index contributed by atoms with van der Waals surface area (Å²) < 4.78 is 4.79. The fraction of sp³-hybridized carbons (Fsp3) is 0.308. The molecule has 0 aliphatic carbocycles. The lowest BCUT2D eigenvalue weighted by Gasteiger charge is -2.19. The lowest BCUT2D eigenvalue weighted by Crippen LogP contribution is -2.36. The van der Waals surface area contributed by atoms with Crippen molar-refractivity contribution in [1.29, 1.82) is 0 Å². The van der Waals surface area contributed by atoms with Crippen molar-refractivity contribution in [3.05, 3.63) is 86.2 Å². The lowest BCUT2D eigenvalue weighted by atomic mass is 9.86. The first-order chi connectivity index (χ1) is 14.5. The Kier molecular flexibility index (Phi) is 4.80. The van der Waals surface area contributed by atoms with E-state index >= 15 is 0 Å². The van der Waals surface area contributed by atoms with E-state index in [1.165, 1.54) is 17.2 Å². The van der Waals surface area contributed by atoms with Crippen LogP contribution in [0.25, 0.3) is 27.8 Å². The Labute approximate surface area is 182 Å². The predicted molar refractivity (Wildman–Crippen MR) is 127 cm³/mol. The molecule has 0 N–H and O–H groups in total. The Hall–Kier alpha value is -3.34. The van der Waals surface area contributed by atoms with Crippen LogP contribution < -0.4 is 11.2 Å². The summed E-state index contributed by atoms with van der Waals surface area (Å²) in [5.41, 5.74) is 6.27. The first-order valence-electron chi connectivity index (χ1n) is 10.5. The van der Waals surface area contributed by atoms with E-state index in [0.717, 1.165) is 28.1 Å². The second-order valence-corrected chi connectivity index (χ2v) is 9.43. The predicted octanol–water partition coefficient (Wildman–Crippen LogP) is 4.61. The molecule has 31 heavy (non-hydrogen) atoms. The van der Waals surface area contributed by atoms with Crippen LogP contribution in [0.1, 0.15) is 37.5 Å². The first-order valence-corrected chi connectivity index (χ1v) is 10.5. The van der Waals surface area contributed by atoms with Crippen LogP contribution >= 0.6 is 0 Å². The van der Waals surface area contributed by atoms with Crippen LogP contribution in [-0.2, 0) is 19.5 Å². The zero-order chi connectivity index (χ0) is 22.7. The van der Waals surface area contributed by atoms with Crippen molar-refractivity contribution < 1.29 is 0 Å². The molecular weight excluding hydrogens is 386 g/mol. The summed E-state index contributed by atoms with van der Waals surface area (Å²) >= 11 is 0. The van der Waals surface area contributed by atoms with Gasteiger partial charge in [-0.2, -0.15) is 0 Å². The van der Waals surface area contributed by atoms with Gasteiger partial charge < -0.3 is 4.57 Å². The van der Waals surface area contributed by atoms with Crippen LogP contribution in [-0.4, -0.2) is 13.7 Å². The van der Waals surface area contributed by atoms with Crippen molar-refractivity contribution in [2.45, 2.75) is 40.0 Å². The summed E-state index contributed by atoms with van der Waals surface area (Å²) in [6, 6.07) is 14.7. The molecular formula is C26H29N3O2. The molecule has 0 bridgehead atoms. The van der Waals surface area contributed by atoms with Crippen LogP contribution in [0.4, 0.5) is 0 Å². The Bertz CT molecular complexity index is 1430. The van der Waals surface area contributed by atoms with Crippen molar-refractivity contribution in [1.82, 2.24) is 13.7 Å². The van der Waals surface area contributed by atoms with E-state index in [4.69, 9.17) is 0 Å². The maximum Gasteiger partial charge on any atom is 0.330 e. The van der Waals surface area contributed by atoms with Crippen molar-refractivity contribution in [2.75, 3.05) is 0 Å². The van der Waals surface area contributed by atoms with Gasteiger partial charge in [-0.1, -0.05) is 57.2 Å². The van der Waals surface area contributed by atoms with Gasteiger partial charge in [-0.25, -0.2) is 4.79 Å². The molecule has 4 rings (SSSR count). The third-order valence-corrected chi connectivity index (χ3v) is 6.09. The van der Waals surface area contributed by atoms with Crippen LogP contribution in [0.3, 0.4) is 0 Å². The van der Waals surface area contributed by atoms with Gasteiger partial charge in [-0.15, -0.1) is 0 Å². The molecule has 5 heteroatoms. The highest BCUT2D eigenvalue weighted by Crippen LogP contribution is 2.33. The molecule has 0 fully saturated rings. The van der Waals surface area contributed by atoms with Crippen LogP contribution in [0.5, 0.6) is 0 Å². The molecule has 0 spiro atoms. The normalized spacial score (nSPS) is 12.0. The van der Waals surface area contributed by atoms with Crippen LogP contribution in [0.2, 0.25) is 0 Å². The first kappa shape index (κ1) is 20.9. The van der Waals surface area contributed by atoms with E-state index in [9.17, 15) is 9.59 Å². The number of hydrogen-bond acceptors (Lipinski definition) is 2. The van der Waals surface area contributed by atoms with E-state index in [1.807, 2.05) is 6.20 Å². The van der Waals surface area contributed by atoms with Gasteiger partial charge in [0.1, 0.15) is 0 Å². The molecule has 0 aliphatic rings. The third-order valence-electron chi connectivity index (χ3n) is 6.09. The minimum absolute atomic E-state index is 0.0375.